The van der Waals surface area contributed by atoms with Gasteiger partial charge in [-0.15, -0.1) is 11.3 Å². The highest BCUT2D eigenvalue weighted by Crippen LogP contribution is 2.41. The average molecular weight is 423 g/mol. The van der Waals surface area contributed by atoms with Gasteiger partial charge in [-0.2, -0.15) is 4.98 Å². The molecule has 2 aliphatic rings. The van der Waals surface area contributed by atoms with Crippen LogP contribution in [0, 0.1) is 5.92 Å². The lowest BCUT2D eigenvalue weighted by Crippen LogP contribution is -3.11. The Hall–Kier alpha value is -2.31. The molecule has 0 spiro atoms. The Morgan fingerprint density at radius 3 is 2.67 bits per heavy atom. The molecule has 1 saturated heterocycles. The summed E-state index contributed by atoms with van der Waals surface area (Å²) in [4.78, 5) is 25.5. The molecule has 1 fully saturated rings. The minimum Gasteiger partial charge on any atom is -0.438 e. The van der Waals surface area contributed by atoms with Gasteiger partial charge in [-0.05, 0) is 74.8 Å². The molecule has 0 unspecified atom stereocenters. The van der Waals surface area contributed by atoms with E-state index in [1.54, 1.807) is 11.8 Å². The highest BCUT2D eigenvalue weighted by Gasteiger charge is 2.25. The monoisotopic (exact) mass is 422 g/mol. The summed E-state index contributed by atoms with van der Waals surface area (Å²) in [5, 5.41) is 1.09. The van der Waals surface area contributed by atoms with Gasteiger partial charge < -0.3 is 9.64 Å². The lowest BCUT2D eigenvalue weighted by atomic mass is 9.99. The van der Waals surface area contributed by atoms with Crippen LogP contribution in [0.2, 0.25) is 0 Å². The second-order valence-electron chi connectivity index (χ2n) is 8.77. The number of piperidine rings is 1. The number of nitrogens with zero attached hydrogens (tertiary/aromatic N) is 2. The first-order valence-electron chi connectivity index (χ1n) is 11.0. The lowest BCUT2D eigenvalue weighted by molar-refractivity contribution is -0.920. The van der Waals surface area contributed by atoms with Crippen molar-refractivity contribution in [3.8, 4) is 11.6 Å². The molecule has 5 rings (SSSR count). The molecule has 1 N–H and O–H groups in total. The fourth-order valence-electron chi connectivity index (χ4n) is 4.60. The molecule has 1 aromatic carbocycles. The number of nitrogens with one attached hydrogen (secondary N) is 1. The van der Waals surface area contributed by atoms with Crippen LogP contribution in [0.3, 0.4) is 0 Å². The lowest BCUT2D eigenvalue weighted by Gasteiger charge is -2.26. The number of benzene rings is 1. The molecule has 3 heterocycles. The van der Waals surface area contributed by atoms with E-state index in [0.29, 0.717) is 17.2 Å². The second kappa shape index (κ2) is 8.08. The Labute approximate surface area is 181 Å². The van der Waals surface area contributed by atoms with Gasteiger partial charge in [0.15, 0.2) is 11.6 Å². The maximum Gasteiger partial charge on any atom is 0.231 e. The molecule has 0 radical (unpaired) electrons. The molecule has 6 heteroatoms. The molecule has 0 bridgehead atoms. The SMILES string of the molecule is CC(=O)c1ccc(Oc2nc(C[NH+]3CCC(C)CC3)nc3sc4c(c23)CCC4)cc1. The van der Waals surface area contributed by atoms with E-state index in [9.17, 15) is 4.79 Å². The van der Waals surface area contributed by atoms with Crippen LogP contribution in [0.4, 0.5) is 0 Å². The summed E-state index contributed by atoms with van der Waals surface area (Å²) in [6.45, 7) is 7.15. The Morgan fingerprint density at radius 1 is 1.17 bits per heavy atom. The van der Waals surface area contributed by atoms with E-state index >= 15 is 0 Å². The summed E-state index contributed by atoms with van der Waals surface area (Å²) < 4.78 is 6.29. The van der Waals surface area contributed by atoms with Gasteiger partial charge in [-0.3, -0.25) is 4.79 Å². The number of carbonyl (C=O) groups excluding carboxylic acids is 1. The number of likely N-dealkylation sites (tertiary alicyclic amines) is 1. The van der Waals surface area contributed by atoms with Crippen molar-refractivity contribution in [2.75, 3.05) is 13.1 Å². The molecule has 0 amide bonds. The summed E-state index contributed by atoms with van der Waals surface area (Å²) in [5.74, 6) is 3.15. The third kappa shape index (κ3) is 3.86. The normalized spacial score (nSPS) is 21.0. The second-order valence-corrected chi connectivity index (χ2v) is 9.86. The highest BCUT2D eigenvalue weighted by molar-refractivity contribution is 7.19. The standard InChI is InChI=1S/C24H27N3O2S/c1-15-10-12-27(13-11-15)14-21-25-23(29-18-8-6-17(7-9-18)16(2)28)22-19-4-3-5-20(19)30-24(22)26-21/h6-9,15H,3-5,10-14H2,1-2H3/p+1. The molecule has 3 aromatic rings. The van der Waals surface area contributed by atoms with E-state index in [0.717, 1.165) is 41.3 Å². The van der Waals surface area contributed by atoms with Gasteiger partial charge in [0.05, 0.1) is 18.5 Å². The molecule has 0 atom stereocenters. The zero-order valence-corrected chi connectivity index (χ0v) is 18.5. The minimum absolute atomic E-state index is 0.0581. The predicted molar refractivity (Wildman–Crippen MR) is 119 cm³/mol. The first-order valence-corrected chi connectivity index (χ1v) is 11.8. The van der Waals surface area contributed by atoms with E-state index in [-0.39, 0.29) is 5.78 Å². The Bertz CT molecular complexity index is 1080. The first-order chi connectivity index (χ1) is 14.6. The fraction of sp³-hybridized carbons (Fsp3) is 0.458. The summed E-state index contributed by atoms with van der Waals surface area (Å²) in [7, 11) is 0. The number of rotatable bonds is 5. The van der Waals surface area contributed by atoms with Crippen LogP contribution < -0.4 is 9.64 Å². The van der Waals surface area contributed by atoms with Crippen molar-refractivity contribution in [2.24, 2.45) is 5.92 Å². The van der Waals surface area contributed by atoms with Crippen molar-refractivity contribution in [2.45, 2.75) is 52.5 Å². The summed E-state index contributed by atoms with van der Waals surface area (Å²) in [6, 6.07) is 7.34. The first kappa shape index (κ1) is 19.6. The molecule has 1 aliphatic heterocycles. The van der Waals surface area contributed by atoms with Crippen LogP contribution in [0.25, 0.3) is 10.2 Å². The van der Waals surface area contributed by atoms with Gasteiger partial charge in [0.25, 0.3) is 0 Å². The largest absolute Gasteiger partial charge is 0.438 e. The van der Waals surface area contributed by atoms with Gasteiger partial charge in [0, 0.05) is 10.4 Å². The topological polar surface area (TPSA) is 56.5 Å². The molecule has 30 heavy (non-hydrogen) atoms. The number of aromatic nitrogens is 2. The van der Waals surface area contributed by atoms with E-state index in [1.165, 1.54) is 42.8 Å². The van der Waals surface area contributed by atoms with E-state index in [1.807, 2.05) is 35.6 Å². The van der Waals surface area contributed by atoms with Crippen LogP contribution in [0.15, 0.2) is 24.3 Å². The molecular weight excluding hydrogens is 394 g/mol. The van der Waals surface area contributed by atoms with Gasteiger partial charge in [-0.25, -0.2) is 4.98 Å². The van der Waals surface area contributed by atoms with Crippen LogP contribution >= 0.6 is 11.3 Å². The van der Waals surface area contributed by atoms with Crippen molar-refractivity contribution in [1.82, 2.24) is 9.97 Å². The van der Waals surface area contributed by atoms with Crippen LogP contribution in [0.5, 0.6) is 11.6 Å². The predicted octanol–water partition coefficient (Wildman–Crippen LogP) is 3.99. The molecule has 5 nitrogen and oxygen atoms in total. The number of fused-ring (bicyclic) bond motifs is 3. The van der Waals surface area contributed by atoms with Crippen LogP contribution in [-0.2, 0) is 19.4 Å². The Kier molecular flexibility index (Phi) is 5.29. The van der Waals surface area contributed by atoms with Gasteiger partial charge in [-0.1, -0.05) is 6.92 Å². The maximum atomic E-state index is 11.6. The van der Waals surface area contributed by atoms with Gasteiger partial charge in [0.2, 0.25) is 5.88 Å². The number of aryl methyl sites for hydroxylation is 2. The number of ketones is 1. The van der Waals surface area contributed by atoms with Crippen molar-refractivity contribution in [3.63, 3.8) is 0 Å². The Balaban J connectivity index is 1.48. The zero-order valence-electron chi connectivity index (χ0n) is 17.7. The van der Waals surface area contributed by atoms with E-state index < -0.39 is 0 Å². The fourth-order valence-corrected chi connectivity index (χ4v) is 5.87. The molecule has 1 aliphatic carbocycles. The van der Waals surface area contributed by atoms with Crippen molar-refractivity contribution in [1.29, 1.82) is 0 Å². The molecule has 2 aromatic heterocycles. The number of thiophene rings is 1. The van der Waals surface area contributed by atoms with Crippen LogP contribution in [0.1, 0.15) is 59.7 Å². The Morgan fingerprint density at radius 2 is 1.93 bits per heavy atom. The number of quaternary nitrogens is 1. The minimum atomic E-state index is 0.0581. The zero-order chi connectivity index (χ0) is 20.7. The molecule has 0 saturated carbocycles. The average Bonchev–Trinajstić information content (AvgIpc) is 3.31. The number of hydrogen-bond acceptors (Lipinski definition) is 5. The van der Waals surface area contributed by atoms with Gasteiger partial charge in [0.1, 0.15) is 17.1 Å². The van der Waals surface area contributed by atoms with Crippen LogP contribution in [-0.4, -0.2) is 28.8 Å². The quantitative estimate of drug-likeness (QED) is 0.632. The van der Waals surface area contributed by atoms with E-state index in [4.69, 9.17) is 14.7 Å². The third-order valence-corrected chi connectivity index (χ3v) is 7.63. The molecule has 156 valence electrons. The summed E-state index contributed by atoms with van der Waals surface area (Å²) in [6.07, 6.45) is 5.95. The highest BCUT2D eigenvalue weighted by atomic mass is 32.1. The van der Waals surface area contributed by atoms with Crippen molar-refractivity contribution in [3.05, 3.63) is 46.1 Å². The summed E-state index contributed by atoms with van der Waals surface area (Å²) >= 11 is 1.81. The van der Waals surface area contributed by atoms with E-state index in [2.05, 4.69) is 6.92 Å². The maximum absolute atomic E-state index is 11.6. The number of hydrogen-bond donors (Lipinski definition) is 1. The summed E-state index contributed by atoms with van der Waals surface area (Å²) in [5.41, 5.74) is 2.06. The van der Waals surface area contributed by atoms with Crippen molar-refractivity contribution < 1.29 is 14.4 Å². The number of ether oxygens (including phenoxy) is 1. The number of carbonyl (C=O) groups is 1. The van der Waals surface area contributed by atoms with Crippen molar-refractivity contribution >= 4 is 27.3 Å². The number of Topliss-reactive ketones (excluding diaryl/α,β-unsaturated/α-hetero) is 1. The smallest absolute Gasteiger partial charge is 0.231 e. The molecular formula is C24H28N3O2S+. The van der Waals surface area contributed by atoms with Gasteiger partial charge >= 0.3 is 0 Å². The third-order valence-electron chi connectivity index (χ3n) is 6.44.